The largest absolute Gasteiger partial charge is 0.497 e. The first-order valence-corrected chi connectivity index (χ1v) is 11.3. The van der Waals surface area contributed by atoms with E-state index in [1.54, 1.807) is 18.2 Å². The van der Waals surface area contributed by atoms with Gasteiger partial charge in [0.25, 0.3) is 0 Å². The molecule has 2 aromatic heterocycles. The molecule has 1 amide bonds. The second kappa shape index (κ2) is 9.47. The topological polar surface area (TPSA) is 55.3 Å². The number of carbonyl (C=O) groups excluding carboxylic acids is 1. The van der Waals surface area contributed by atoms with Crippen LogP contribution >= 0.6 is 34.7 Å². The molecule has 0 N–H and O–H groups in total. The highest BCUT2D eigenvalue weighted by Crippen LogP contribution is 2.32. The van der Waals surface area contributed by atoms with Crippen LogP contribution in [0.3, 0.4) is 0 Å². The smallest absolute Gasteiger partial charge is 0.239 e. The van der Waals surface area contributed by atoms with E-state index in [4.69, 9.17) is 21.3 Å². The van der Waals surface area contributed by atoms with Crippen molar-refractivity contribution in [2.75, 3.05) is 17.8 Å². The summed E-state index contributed by atoms with van der Waals surface area (Å²) >= 11 is 8.90. The average molecular weight is 456 g/mol. The summed E-state index contributed by atoms with van der Waals surface area (Å²) in [5.74, 6) is 0.986. The zero-order valence-electron chi connectivity index (χ0n) is 16.1. The van der Waals surface area contributed by atoms with E-state index >= 15 is 0 Å². The fraction of sp³-hybridized carbons (Fsp3) is 0.136. The summed E-state index contributed by atoms with van der Waals surface area (Å²) < 4.78 is 6.29. The van der Waals surface area contributed by atoms with Gasteiger partial charge in [-0.3, -0.25) is 14.7 Å². The highest BCUT2D eigenvalue weighted by molar-refractivity contribution is 8.00. The fourth-order valence-electron chi connectivity index (χ4n) is 2.81. The SMILES string of the molecule is COc1ccc2sc(N(Cc3ccccn3)C(=O)CSc3ccc(Cl)cc3)nc2c1. The Hall–Kier alpha value is -2.61. The zero-order valence-corrected chi connectivity index (χ0v) is 18.5. The first-order chi connectivity index (χ1) is 14.6. The van der Waals surface area contributed by atoms with Crippen molar-refractivity contribution in [2.24, 2.45) is 0 Å². The third-order valence-electron chi connectivity index (χ3n) is 4.34. The molecule has 0 unspecified atom stereocenters. The molecule has 0 aliphatic rings. The van der Waals surface area contributed by atoms with Gasteiger partial charge in [0, 0.05) is 22.2 Å². The number of benzene rings is 2. The van der Waals surface area contributed by atoms with Crippen molar-refractivity contribution in [3.8, 4) is 5.75 Å². The first kappa shape index (κ1) is 20.7. The number of fused-ring (bicyclic) bond motifs is 1. The lowest BCUT2D eigenvalue weighted by atomic mass is 10.3. The number of aromatic nitrogens is 2. The molecule has 8 heteroatoms. The minimum absolute atomic E-state index is 0.0355. The number of thiazole rings is 1. The number of anilines is 1. The van der Waals surface area contributed by atoms with Crippen LogP contribution in [0.15, 0.2) is 71.8 Å². The molecule has 4 aromatic rings. The van der Waals surface area contributed by atoms with Gasteiger partial charge in [-0.25, -0.2) is 4.98 Å². The average Bonchev–Trinajstić information content (AvgIpc) is 3.20. The molecule has 0 saturated heterocycles. The number of thioether (sulfide) groups is 1. The number of carbonyl (C=O) groups is 1. The summed E-state index contributed by atoms with van der Waals surface area (Å²) in [5, 5.41) is 1.32. The van der Waals surface area contributed by atoms with Gasteiger partial charge in [0.15, 0.2) is 5.13 Å². The van der Waals surface area contributed by atoms with E-state index in [2.05, 4.69) is 4.98 Å². The number of nitrogens with zero attached hydrogens (tertiary/aromatic N) is 3. The third kappa shape index (κ3) is 4.92. The molecule has 0 aliphatic heterocycles. The van der Waals surface area contributed by atoms with Gasteiger partial charge >= 0.3 is 0 Å². The van der Waals surface area contributed by atoms with Crippen LogP contribution in [-0.4, -0.2) is 28.7 Å². The molecule has 4 rings (SSSR count). The van der Waals surface area contributed by atoms with Crippen molar-refractivity contribution < 1.29 is 9.53 Å². The molecule has 2 aromatic carbocycles. The van der Waals surface area contributed by atoms with Crippen LogP contribution in [0, 0.1) is 0 Å². The number of rotatable bonds is 7. The Morgan fingerprint density at radius 2 is 2.00 bits per heavy atom. The van der Waals surface area contributed by atoms with Gasteiger partial charge in [-0.1, -0.05) is 29.0 Å². The molecule has 0 saturated carbocycles. The van der Waals surface area contributed by atoms with E-state index in [1.807, 2.05) is 60.7 Å². The predicted octanol–water partition coefficient (Wildman–Crippen LogP) is 5.68. The summed E-state index contributed by atoms with van der Waals surface area (Å²) in [7, 11) is 1.62. The lowest BCUT2D eigenvalue weighted by molar-refractivity contribution is -0.116. The molecule has 2 heterocycles. The standard InChI is InChI=1S/C22H18ClN3O2S2/c1-28-17-7-10-20-19(12-17)25-22(30-20)26(13-16-4-2-3-11-24-16)21(27)14-29-18-8-5-15(23)6-9-18/h2-12H,13-14H2,1H3. The predicted molar refractivity (Wildman–Crippen MR) is 124 cm³/mol. The van der Waals surface area contributed by atoms with Crippen molar-refractivity contribution >= 4 is 56.0 Å². The molecular weight excluding hydrogens is 438 g/mol. The normalized spacial score (nSPS) is 10.9. The third-order valence-corrected chi connectivity index (χ3v) is 6.65. The van der Waals surface area contributed by atoms with Gasteiger partial charge in [-0.15, -0.1) is 11.8 Å². The van der Waals surface area contributed by atoms with Crippen molar-refractivity contribution in [2.45, 2.75) is 11.4 Å². The number of ether oxygens (including phenoxy) is 1. The maximum Gasteiger partial charge on any atom is 0.239 e. The van der Waals surface area contributed by atoms with E-state index in [1.165, 1.54) is 23.1 Å². The van der Waals surface area contributed by atoms with Crippen molar-refractivity contribution in [3.05, 3.63) is 77.6 Å². The van der Waals surface area contributed by atoms with Crippen LogP contribution in [0.2, 0.25) is 5.02 Å². The number of hydrogen-bond donors (Lipinski definition) is 0. The number of amides is 1. The molecule has 0 aliphatic carbocycles. The van der Waals surface area contributed by atoms with Crippen molar-refractivity contribution in [1.82, 2.24) is 9.97 Å². The molecule has 152 valence electrons. The van der Waals surface area contributed by atoms with Gasteiger partial charge in [0.1, 0.15) is 5.75 Å². The summed E-state index contributed by atoms with van der Waals surface area (Å²) in [6.07, 6.45) is 1.73. The van der Waals surface area contributed by atoms with E-state index in [-0.39, 0.29) is 11.7 Å². The van der Waals surface area contributed by atoms with Gasteiger partial charge in [-0.2, -0.15) is 0 Å². The molecule has 0 bridgehead atoms. The second-order valence-electron chi connectivity index (χ2n) is 6.37. The monoisotopic (exact) mass is 455 g/mol. The van der Waals surface area contributed by atoms with Crippen LogP contribution in [0.5, 0.6) is 5.75 Å². The van der Waals surface area contributed by atoms with Crippen LogP contribution < -0.4 is 9.64 Å². The van der Waals surface area contributed by atoms with Gasteiger partial charge in [0.2, 0.25) is 5.91 Å². The van der Waals surface area contributed by atoms with E-state index in [0.29, 0.717) is 16.7 Å². The molecule has 0 fully saturated rings. The molecule has 0 spiro atoms. The number of hydrogen-bond acceptors (Lipinski definition) is 6. The Morgan fingerprint density at radius 1 is 1.17 bits per heavy atom. The zero-order chi connectivity index (χ0) is 20.9. The Balaban J connectivity index is 1.60. The van der Waals surface area contributed by atoms with E-state index in [0.717, 1.165) is 26.6 Å². The maximum atomic E-state index is 13.2. The summed E-state index contributed by atoms with van der Waals surface area (Å²) in [4.78, 5) is 24.9. The lowest BCUT2D eigenvalue weighted by Gasteiger charge is -2.19. The molecule has 0 radical (unpaired) electrons. The van der Waals surface area contributed by atoms with Gasteiger partial charge in [0.05, 0.1) is 35.3 Å². The molecule has 30 heavy (non-hydrogen) atoms. The first-order valence-electron chi connectivity index (χ1n) is 9.15. The molecule has 0 atom stereocenters. The van der Waals surface area contributed by atoms with Crippen LogP contribution in [-0.2, 0) is 11.3 Å². The minimum atomic E-state index is -0.0355. The van der Waals surface area contributed by atoms with Crippen molar-refractivity contribution in [3.63, 3.8) is 0 Å². The lowest BCUT2D eigenvalue weighted by Crippen LogP contribution is -2.32. The Bertz CT molecular complexity index is 1150. The van der Waals surface area contributed by atoms with Gasteiger partial charge in [-0.05, 0) is 48.5 Å². The van der Waals surface area contributed by atoms with Crippen LogP contribution in [0.4, 0.5) is 5.13 Å². The second-order valence-corrected chi connectivity index (χ2v) is 8.87. The molecular formula is C22H18ClN3O2S2. The van der Waals surface area contributed by atoms with E-state index < -0.39 is 0 Å². The Labute approximate surface area is 187 Å². The van der Waals surface area contributed by atoms with Crippen LogP contribution in [0.1, 0.15) is 5.69 Å². The Morgan fingerprint density at radius 3 is 2.73 bits per heavy atom. The van der Waals surface area contributed by atoms with Gasteiger partial charge < -0.3 is 4.74 Å². The quantitative estimate of drug-likeness (QED) is 0.335. The summed E-state index contributed by atoms with van der Waals surface area (Å²) in [6, 6.07) is 18.9. The number of halogens is 1. The Kier molecular flexibility index (Phi) is 6.52. The highest BCUT2D eigenvalue weighted by Gasteiger charge is 2.21. The fourth-order valence-corrected chi connectivity index (χ4v) is 4.67. The maximum absolute atomic E-state index is 13.2. The highest BCUT2D eigenvalue weighted by atomic mass is 35.5. The summed E-state index contributed by atoms with van der Waals surface area (Å²) in [6.45, 7) is 0.359. The van der Waals surface area contributed by atoms with Crippen LogP contribution in [0.25, 0.3) is 10.2 Å². The summed E-state index contributed by atoms with van der Waals surface area (Å²) in [5.41, 5.74) is 1.61. The minimum Gasteiger partial charge on any atom is -0.497 e. The number of methoxy groups -OCH3 is 1. The van der Waals surface area contributed by atoms with Crippen molar-refractivity contribution in [1.29, 1.82) is 0 Å². The van der Waals surface area contributed by atoms with E-state index in [9.17, 15) is 4.79 Å². The molecule has 5 nitrogen and oxygen atoms in total. The number of pyridine rings is 1.